The van der Waals surface area contributed by atoms with Crippen LogP contribution >= 0.6 is 0 Å². The number of carboxylic acids is 1. The molecular formula is C22H26N2O5. The predicted octanol–water partition coefficient (Wildman–Crippen LogP) is 3.93. The Hall–Kier alpha value is -3.22. The van der Waals surface area contributed by atoms with Crippen molar-refractivity contribution in [2.24, 2.45) is 0 Å². The third kappa shape index (κ3) is 4.29. The Morgan fingerprint density at radius 2 is 1.79 bits per heavy atom. The van der Waals surface area contributed by atoms with Gasteiger partial charge in [0.15, 0.2) is 11.5 Å². The molecule has 2 aromatic carbocycles. The summed E-state index contributed by atoms with van der Waals surface area (Å²) in [6, 6.07) is 8.42. The van der Waals surface area contributed by atoms with E-state index in [4.69, 9.17) is 9.47 Å². The van der Waals surface area contributed by atoms with Crippen molar-refractivity contribution in [1.29, 1.82) is 0 Å². The minimum atomic E-state index is -0.971. The van der Waals surface area contributed by atoms with Gasteiger partial charge in [0.2, 0.25) is 0 Å². The van der Waals surface area contributed by atoms with Gasteiger partial charge in [0, 0.05) is 12.2 Å². The summed E-state index contributed by atoms with van der Waals surface area (Å²) in [5, 5.41) is 12.4. The van der Waals surface area contributed by atoms with E-state index < -0.39 is 12.0 Å². The Morgan fingerprint density at radius 3 is 2.41 bits per heavy atom. The number of nitrogens with zero attached hydrogens (tertiary/aromatic N) is 1. The van der Waals surface area contributed by atoms with Crippen LogP contribution in [-0.2, 0) is 11.2 Å². The van der Waals surface area contributed by atoms with Crippen LogP contribution in [-0.4, -0.2) is 42.8 Å². The van der Waals surface area contributed by atoms with Gasteiger partial charge in [0.25, 0.3) is 0 Å². The molecule has 1 heterocycles. The zero-order valence-corrected chi connectivity index (χ0v) is 17.1. The summed E-state index contributed by atoms with van der Waals surface area (Å²) in [5.41, 5.74) is 4.63. The molecule has 3 rings (SSSR count). The molecule has 2 aromatic rings. The minimum absolute atomic E-state index is 0.192. The lowest BCUT2D eigenvalue weighted by molar-refractivity contribution is -0.138. The largest absolute Gasteiger partial charge is 0.493 e. The van der Waals surface area contributed by atoms with Gasteiger partial charge >= 0.3 is 12.0 Å². The maximum Gasteiger partial charge on any atom is 0.322 e. The summed E-state index contributed by atoms with van der Waals surface area (Å²) in [6.07, 6.45) is 0.412. The van der Waals surface area contributed by atoms with Crippen LogP contribution in [0, 0.1) is 13.8 Å². The molecule has 2 N–H and O–H groups in total. The van der Waals surface area contributed by atoms with Gasteiger partial charge in [-0.15, -0.1) is 0 Å². The highest BCUT2D eigenvalue weighted by Gasteiger charge is 2.33. The molecular weight excluding hydrogens is 372 g/mol. The van der Waals surface area contributed by atoms with Crippen molar-refractivity contribution in [3.8, 4) is 11.5 Å². The van der Waals surface area contributed by atoms with E-state index in [1.165, 1.54) is 7.11 Å². The molecule has 0 radical (unpaired) electrons. The van der Waals surface area contributed by atoms with E-state index in [-0.39, 0.29) is 12.5 Å². The van der Waals surface area contributed by atoms with E-state index in [0.29, 0.717) is 30.2 Å². The number of benzene rings is 2. The molecule has 154 valence electrons. The number of hydrogen-bond acceptors (Lipinski definition) is 4. The lowest BCUT2D eigenvalue weighted by atomic mass is 9.90. The first-order valence-corrected chi connectivity index (χ1v) is 9.45. The monoisotopic (exact) mass is 398 g/mol. The van der Waals surface area contributed by atoms with Crippen LogP contribution in [0.15, 0.2) is 30.3 Å². The van der Waals surface area contributed by atoms with Crippen LogP contribution in [0.25, 0.3) is 0 Å². The second-order valence-corrected chi connectivity index (χ2v) is 7.19. The third-order valence-electron chi connectivity index (χ3n) is 5.39. The Labute approximate surface area is 170 Å². The number of nitrogens with one attached hydrogen (secondary N) is 1. The molecule has 0 saturated carbocycles. The molecule has 1 unspecified atom stereocenters. The molecule has 2 amide bonds. The highest BCUT2D eigenvalue weighted by Crippen LogP contribution is 2.39. The summed E-state index contributed by atoms with van der Waals surface area (Å²) >= 11 is 0. The number of aryl methyl sites for hydroxylation is 2. The van der Waals surface area contributed by atoms with Gasteiger partial charge in [-0.25, -0.2) is 4.79 Å². The number of amides is 2. The van der Waals surface area contributed by atoms with Crippen molar-refractivity contribution in [3.05, 3.63) is 52.6 Å². The third-order valence-corrected chi connectivity index (χ3v) is 5.39. The summed E-state index contributed by atoms with van der Waals surface area (Å²) in [5.74, 6) is 0.132. The summed E-state index contributed by atoms with van der Waals surface area (Å²) in [4.78, 5) is 26.1. The molecule has 1 atom stereocenters. The molecule has 0 spiro atoms. The number of methoxy groups -OCH3 is 2. The van der Waals surface area contributed by atoms with Gasteiger partial charge in [0.1, 0.15) is 0 Å². The fourth-order valence-corrected chi connectivity index (χ4v) is 3.67. The van der Waals surface area contributed by atoms with Crippen molar-refractivity contribution >= 4 is 17.7 Å². The van der Waals surface area contributed by atoms with Crippen molar-refractivity contribution < 1.29 is 24.2 Å². The standard InChI is InChI=1S/C22H26N2O5/c1-13-5-6-16(9-14(13)2)23-22(27)24-8-7-15-10-19(28-3)20(29-4)11-17(15)18(24)12-21(25)26/h5-6,9-11,18H,7-8,12H2,1-4H3,(H,23,27)(H,25,26). The van der Waals surface area contributed by atoms with Crippen LogP contribution in [0.4, 0.5) is 10.5 Å². The summed E-state index contributed by atoms with van der Waals surface area (Å²) < 4.78 is 10.7. The number of rotatable bonds is 5. The number of urea groups is 1. The maximum atomic E-state index is 13.0. The highest BCUT2D eigenvalue weighted by molar-refractivity contribution is 5.90. The molecule has 0 saturated heterocycles. The van der Waals surface area contributed by atoms with Gasteiger partial charge in [-0.2, -0.15) is 0 Å². The summed E-state index contributed by atoms with van der Waals surface area (Å²) in [7, 11) is 3.09. The van der Waals surface area contributed by atoms with Crippen LogP contribution in [0.3, 0.4) is 0 Å². The number of anilines is 1. The van der Waals surface area contributed by atoms with E-state index in [0.717, 1.165) is 22.3 Å². The van der Waals surface area contributed by atoms with Gasteiger partial charge < -0.3 is 24.8 Å². The van der Waals surface area contributed by atoms with E-state index in [9.17, 15) is 14.7 Å². The maximum absolute atomic E-state index is 13.0. The average Bonchev–Trinajstić information content (AvgIpc) is 2.69. The molecule has 0 aromatic heterocycles. The Bertz CT molecular complexity index is 941. The second kappa shape index (κ2) is 8.43. The number of carboxylic acid groups (broad SMARTS) is 1. The highest BCUT2D eigenvalue weighted by atomic mass is 16.5. The molecule has 1 aliphatic rings. The Balaban J connectivity index is 1.93. The SMILES string of the molecule is COc1cc2c(cc1OC)C(CC(=O)O)N(C(=O)Nc1ccc(C)c(C)c1)CC2. The number of aliphatic carboxylic acids is 1. The Kier molecular flexibility index (Phi) is 5.96. The van der Waals surface area contributed by atoms with Crippen LogP contribution in [0.5, 0.6) is 11.5 Å². The number of carbonyl (C=O) groups is 2. The zero-order valence-electron chi connectivity index (χ0n) is 17.1. The van der Waals surface area contributed by atoms with Crippen molar-refractivity contribution in [2.45, 2.75) is 32.7 Å². The molecule has 29 heavy (non-hydrogen) atoms. The number of hydrogen-bond donors (Lipinski definition) is 2. The zero-order chi connectivity index (χ0) is 21.1. The quantitative estimate of drug-likeness (QED) is 0.797. The van der Waals surface area contributed by atoms with Crippen molar-refractivity contribution in [3.63, 3.8) is 0 Å². The fourth-order valence-electron chi connectivity index (χ4n) is 3.67. The van der Waals surface area contributed by atoms with Crippen LogP contribution in [0.1, 0.15) is 34.7 Å². The van der Waals surface area contributed by atoms with Crippen LogP contribution < -0.4 is 14.8 Å². The lowest BCUT2D eigenvalue weighted by Gasteiger charge is -2.37. The number of fused-ring (bicyclic) bond motifs is 1. The number of ether oxygens (including phenoxy) is 2. The van der Waals surface area contributed by atoms with E-state index in [2.05, 4.69) is 5.32 Å². The van der Waals surface area contributed by atoms with Crippen LogP contribution in [0.2, 0.25) is 0 Å². The Morgan fingerprint density at radius 1 is 1.10 bits per heavy atom. The number of carbonyl (C=O) groups excluding carboxylic acids is 1. The average molecular weight is 398 g/mol. The minimum Gasteiger partial charge on any atom is -0.493 e. The lowest BCUT2D eigenvalue weighted by Crippen LogP contribution is -2.43. The summed E-state index contributed by atoms with van der Waals surface area (Å²) in [6.45, 7) is 4.40. The van der Waals surface area contributed by atoms with E-state index in [1.54, 1.807) is 18.1 Å². The fraction of sp³-hybridized carbons (Fsp3) is 0.364. The molecule has 7 heteroatoms. The second-order valence-electron chi connectivity index (χ2n) is 7.19. The first-order valence-electron chi connectivity index (χ1n) is 9.45. The topological polar surface area (TPSA) is 88.1 Å². The van der Waals surface area contributed by atoms with Gasteiger partial charge in [-0.3, -0.25) is 4.79 Å². The first-order chi connectivity index (χ1) is 13.8. The molecule has 7 nitrogen and oxygen atoms in total. The van der Waals surface area contributed by atoms with Crippen molar-refractivity contribution in [2.75, 3.05) is 26.1 Å². The van der Waals surface area contributed by atoms with E-state index >= 15 is 0 Å². The molecule has 1 aliphatic heterocycles. The molecule has 0 bridgehead atoms. The van der Waals surface area contributed by atoms with Gasteiger partial charge in [-0.05, 0) is 66.8 Å². The smallest absolute Gasteiger partial charge is 0.322 e. The predicted molar refractivity (Wildman–Crippen MR) is 110 cm³/mol. The molecule has 0 fully saturated rings. The van der Waals surface area contributed by atoms with Gasteiger partial charge in [-0.1, -0.05) is 6.07 Å². The van der Waals surface area contributed by atoms with Gasteiger partial charge in [0.05, 0.1) is 26.7 Å². The van der Waals surface area contributed by atoms with Crippen molar-refractivity contribution in [1.82, 2.24) is 4.90 Å². The first kappa shape index (κ1) is 20.5. The normalized spacial score (nSPS) is 15.4. The molecule has 0 aliphatic carbocycles. The van der Waals surface area contributed by atoms with E-state index in [1.807, 2.05) is 38.1 Å².